The predicted molar refractivity (Wildman–Crippen MR) is 84.3 cm³/mol. The summed E-state index contributed by atoms with van der Waals surface area (Å²) in [4.78, 5) is 11.8. The second-order valence-corrected chi connectivity index (χ2v) is 4.99. The number of nitrogens with one attached hydrogen (secondary N) is 2. The number of halogens is 3. The molecule has 0 radical (unpaired) electrons. The third kappa shape index (κ3) is 5.02. The molecule has 0 aliphatic heterocycles. The summed E-state index contributed by atoms with van der Waals surface area (Å²) in [6.45, 7) is 0.285. The third-order valence-electron chi connectivity index (χ3n) is 3.19. The monoisotopic (exact) mass is 333 g/mol. The third-order valence-corrected chi connectivity index (χ3v) is 3.19. The number of carbonyl (C=O) groups excluding carboxylic acids is 1. The van der Waals surface area contributed by atoms with Gasteiger partial charge in [-0.05, 0) is 48.5 Å². The summed E-state index contributed by atoms with van der Waals surface area (Å²) in [6, 6.07) is 13.0. The van der Waals surface area contributed by atoms with E-state index in [4.69, 9.17) is 5.26 Å². The van der Waals surface area contributed by atoms with Gasteiger partial charge in [0.15, 0.2) is 0 Å². The summed E-state index contributed by atoms with van der Waals surface area (Å²) < 4.78 is 37.3. The van der Waals surface area contributed by atoms with Gasteiger partial charge in [-0.15, -0.1) is 0 Å². The molecule has 0 atom stereocenters. The fourth-order valence-corrected chi connectivity index (χ4v) is 1.95. The van der Waals surface area contributed by atoms with E-state index < -0.39 is 11.7 Å². The number of hydrogen-bond acceptors (Lipinski definition) is 3. The lowest BCUT2D eigenvalue weighted by molar-refractivity contribution is -0.137. The first-order valence-corrected chi connectivity index (χ1v) is 7.09. The minimum Gasteiger partial charge on any atom is -0.385 e. The van der Waals surface area contributed by atoms with Crippen LogP contribution in [0.3, 0.4) is 0 Å². The van der Waals surface area contributed by atoms with Crippen LogP contribution in [-0.4, -0.2) is 12.5 Å². The zero-order valence-electron chi connectivity index (χ0n) is 12.5. The van der Waals surface area contributed by atoms with E-state index in [2.05, 4.69) is 10.6 Å². The number of hydrogen-bond donors (Lipinski definition) is 2. The van der Waals surface area contributed by atoms with Gasteiger partial charge in [0.1, 0.15) is 0 Å². The molecule has 2 aromatic carbocycles. The molecule has 2 rings (SSSR count). The van der Waals surface area contributed by atoms with Gasteiger partial charge in [0, 0.05) is 24.3 Å². The van der Waals surface area contributed by atoms with Gasteiger partial charge in [0.25, 0.3) is 0 Å². The minimum absolute atomic E-state index is 0.154. The van der Waals surface area contributed by atoms with E-state index >= 15 is 0 Å². The van der Waals surface area contributed by atoms with E-state index in [1.165, 1.54) is 12.1 Å². The average molecular weight is 333 g/mol. The first-order chi connectivity index (χ1) is 11.4. The van der Waals surface area contributed by atoms with Crippen LogP contribution in [0.4, 0.5) is 24.5 Å². The van der Waals surface area contributed by atoms with E-state index in [9.17, 15) is 18.0 Å². The fourth-order valence-electron chi connectivity index (χ4n) is 1.95. The maximum atomic E-state index is 12.4. The molecular weight excluding hydrogens is 319 g/mol. The zero-order chi connectivity index (χ0) is 17.6. The number of nitrogens with zero attached hydrogens (tertiary/aromatic N) is 1. The standard InChI is InChI=1S/C17H14F3N3O/c18-17(19,20)13-3-7-14(8-4-13)22-10-9-16(24)23-15-5-1-12(11-21)2-6-15/h1-8,22H,9-10H2,(H,23,24). The summed E-state index contributed by atoms with van der Waals surface area (Å²) in [6.07, 6.45) is -4.21. The number of alkyl halides is 3. The molecule has 2 aromatic rings. The summed E-state index contributed by atoms with van der Waals surface area (Å²) in [5.41, 5.74) is 0.867. The average Bonchev–Trinajstić information content (AvgIpc) is 2.55. The van der Waals surface area contributed by atoms with Crippen molar-refractivity contribution in [3.8, 4) is 6.07 Å². The molecule has 0 saturated heterocycles. The van der Waals surface area contributed by atoms with Gasteiger partial charge in [-0.25, -0.2) is 0 Å². The molecule has 24 heavy (non-hydrogen) atoms. The molecule has 0 aliphatic carbocycles. The Morgan fingerprint density at radius 1 is 1.00 bits per heavy atom. The number of carbonyl (C=O) groups is 1. The van der Waals surface area contributed by atoms with E-state index in [0.29, 0.717) is 16.9 Å². The van der Waals surface area contributed by atoms with Crippen molar-refractivity contribution in [1.29, 1.82) is 5.26 Å². The van der Waals surface area contributed by atoms with Crippen molar-refractivity contribution in [1.82, 2.24) is 0 Å². The Balaban J connectivity index is 1.79. The molecule has 0 fully saturated rings. The highest BCUT2D eigenvalue weighted by atomic mass is 19.4. The van der Waals surface area contributed by atoms with Crippen molar-refractivity contribution < 1.29 is 18.0 Å². The fraction of sp³-hybridized carbons (Fsp3) is 0.176. The van der Waals surface area contributed by atoms with Crippen LogP contribution in [0.25, 0.3) is 0 Å². The highest BCUT2D eigenvalue weighted by Crippen LogP contribution is 2.29. The van der Waals surface area contributed by atoms with E-state index in [0.717, 1.165) is 12.1 Å². The first-order valence-electron chi connectivity index (χ1n) is 7.09. The Labute approximate surface area is 136 Å². The molecule has 1 amide bonds. The molecule has 0 spiro atoms. The number of rotatable bonds is 5. The van der Waals surface area contributed by atoms with Crippen molar-refractivity contribution in [2.24, 2.45) is 0 Å². The van der Waals surface area contributed by atoms with Crippen LogP contribution in [0.15, 0.2) is 48.5 Å². The van der Waals surface area contributed by atoms with Gasteiger partial charge in [0.05, 0.1) is 17.2 Å². The predicted octanol–water partition coefficient (Wildman–Crippen LogP) is 4.02. The van der Waals surface area contributed by atoms with Gasteiger partial charge in [-0.1, -0.05) is 0 Å². The smallest absolute Gasteiger partial charge is 0.385 e. The summed E-state index contributed by atoms with van der Waals surface area (Å²) in [5.74, 6) is -0.237. The van der Waals surface area contributed by atoms with Crippen molar-refractivity contribution in [2.75, 3.05) is 17.2 Å². The Morgan fingerprint density at radius 2 is 1.58 bits per heavy atom. The summed E-state index contributed by atoms with van der Waals surface area (Å²) >= 11 is 0. The molecule has 2 N–H and O–H groups in total. The van der Waals surface area contributed by atoms with Crippen molar-refractivity contribution in [3.63, 3.8) is 0 Å². The number of nitriles is 1. The lowest BCUT2D eigenvalue weighted by Gasteiger charge is -2.10. The Morgan fingerprint density at radius 3 is 2.12 bits per heavy atom. The lowest BCUT2D eigenvalue weighted by Crippen LogP contribution is -2.16. The Bertz CT molecular complexity index is 732. The maximum Gasteiger partial charge on any atom is 0.416 e. The second kappa shape index (κ2) is 7.51. The zero-order valence-corrected chi connectivity index (χ0v) is 12.5. The highest BCUT2D eigenvalue weighted by Gasteiger charge is 2.29. The Hall–Kier alpha value is -3.01. The van der Waals surface area contributed by atoms with Crippen LogP contribution in [-0.2, 0) is 11.0 Å². The maximum absolute atomic E-state index is 12.4. The second-order valence-electron chi connectivity index (χ2n) is 4.99. The van der Waals surface area contributed by atoms with E-state index in [1.807, 2.05) is 6.07 Å². The molecule has 0 heterocycles. The van der Waals surface area contributed by atoms with Crippen molar-refractivity contribution in [3.05, 3.63) is 59.7 Å². The van der Waals surface area contributed by atoms with Crippen LogP contribution in [0.5, 0.6) is 0 Å². The number of anilines is 2. The number of benzene rings is 2. The van der Waals surface area contributed by atoms with Crippen molar-refractivity contribution >= 4 is 17.3 Å². The van der Waals surface area contributed by atoms with Crippen LogP contribution in [0.2, 0.25) is 0 Å². The molecule has 124 valence electrons. The van der Waals surface area contributed by atoms with E-state index in [-0.39, 0.29) is 18.9 Å². The summed E-state index contributed by atoms with van der Waals surface area (Å²) in [7, 11) is 0. The van der Waals surface area contributed by atoms with Crippen LogP contribution in [0, 0.1) is 11.3 Å². The molecule has 0 saturated carbocycles. The molecule has 4 nitrogen and oxygen atoms in total. The number of amides is 1. The first kappa shape index (κ1) is 17.3. The quantitative estimate of drug-likeness (QED) is 0.869. The highest BCUT2D eigenvalue weighted by molar-refractivity contribution is 5.91. The molecule has 0 unspecified atom stereocenters. The van der Waals surface area contributed by atoms with Gasteiger partial charge in [0.2, 0.25) is 5.91 Å². The normalized spacial score (nSPS) is 10.8. The van der Waals surface area contributed by atoms with Crippen LogP contribution < -0.4 is 10.6 Å². The SMILES string of the molecule is N#Cc1ccc(NC(=O)CCNc2ccc(C(F)(F)F)cc2)cc1. The van der Waals surface area contributed by atoms with Crippen LogP contribution >= 0.6 is 0 Å². The minimum atomic E-state index is -4.36. The molecular formula is C17H14F3N3O. The van der Waals surface area contributed by atoms with E-state index in [1.54, 1.807) is 24.3 Å². The molecule has 0 bridgehead atoms. The molecule has 7 heteroatoms. The Kier molecular flexibility index (Phi) is 5.42. The van der Waals surface area contributed by atoms with Crippen LogP contribution in [0.1, 0.15) is 17.5 Å². The largest absolute Gasteiger partial charge is 0.416 e. The van der Waals surface area contributed by atoms with Gasteiger partial charge in [-0.2, -0.15) is 18.4 Å². The molecule has 0 aromatic heterocycles. The lowest BCUT2D eigenvalue weighted by atomic mass is 10.2. The van der Waals surface area contributed by atoms with Gasteiger partial charge < -0.3 is 10.6 Å². The van der Waals surface area contributed by atoms with Gasteiger partial charge in [-0.3, -0.25) is 4.79 Å². The summed E-state index contributed by atoms with van der Waals surface area (Å²) in [5, 5.41) is 14.2. The van der Waals surface area contributed by atoms with Crippen molar-refractivity contribution in [2.45, 2.75) is 12.6 Å². The van der Waals surface area contributed by atoms with Gasteiger partial charge >= 0.3 is 6.18 Å². The molecule has 0 aliphatic rings. The topological polar surface area (TPSA) is 64.9 Å².